The molecule has 0 atom stereocenters. The topological polar surface area (TPSA) is 67.8 Å². The molecule has 2 rings (SSSR count). The van der Waals surface area contributed by atoms with Crippen molar-refractivity contribution < 1.29 is 4.79 Å². The predicted octanol–water partition coefficient (Wildman–Crippen LogP) is 3.19. The van der Waals surface area contributed by atoms with Crippen LogP contribution in [0.15, 0.2) is 29.1 Å². The highest BCUT2D eigenvalue weighted by atomic mass is 79.9. The smallest absolute Gasteiger partial charge is 0.275 e. The molecule has 0 bridgehead atoms. The number of nitrogens with one attached hydrogen (secondary N) is 1. The van der Waals surface area contributed by atoms with Crippen LogP contribution in [0.4, 0.5) is 5.69 Å². The number of carbonyl (C=O) groups excluding carboxylic acids is 1. The van der Waals surface area contributed by atoms with Gasteiger partial charge < -0.3 is 5.32 Å². The summed E-state index contributed by atoms with van der Waals surface area (Å²) >= 11 is 14.6. The molecular weight excluding hydrogens is 343 g/mol. The Bertz CT molecular complexity index is 608. The molecule has 18 heavy (non-hydrogen) atoms. The normalized spacial score (nSPS) is 10.2. The predicted molar refractivity (Wildman–Crippen MR) is 71.9 cm³/mol. The summed E-state index contributed by atoms with van der Waals surface area (Å²) in [6.45, 7) is 0. The number of amides is 1. The van der Waals surface area contributed by atoms with Gasteiger partial charge in [-0.1, -0.05) is 23.2 Å². The van der Waals surface area contributed by atoms with Crippen molar-refractivity contribution in [2.24, 2.45) is 0 Å². The van der Waals surface area contributed by atoms with E-state index in [1.165, 1.54) is 18.6 Å². The van der Waals surface area contributed by atoms with E-state index in [2.05, 4.69) is 36.2 Å². The van der Waals surface area contributed by atoms with Crippen LogP contribution in [0, 0.1) is 0 Å². The van der Waals surface area contributed by atoms with Crippen LogP contribution in [0.3, 0.4) is 0 Å². The van der Waals surface area contributed by atoms with Crippen LogP contribution in [0.1, 0.15) is 10.5 Å². The summed E-state index contributed by atoms with van der Waals surface area (Å²) in [6, 6.07) is 1.63. The van der Waals surface area contributed by atoms with Crippen molar-refractivity contribution in [3.05, 3.63) is 45.1 Å². The molecule has 2 aromatic rings. The molecule has 1 N–H and O–H groups in total. The molecule has 0 unspecified atom stereocenters. The highest BCUT2D eigenvalue weighted by molar-refractivity contribution is 9.10. The lowest BCUT2D eigenvalue weighted by atomic mass is 10.3. The van der Waals surface area contributed by atoms with E-state index in [1.807, 2.05) is 0 Å². The molecule has 0 aliphatic rings. The van der Waals surface area contributed by atoms with Crippen LogP contribution >= 0.6 is 39.1 Å². The van der Waals surface area contributed by atoms with Gasteiger partial charge >= 0.3 is 0 Å². The van der Waals surface area contributed by atoms with Gasteiger partial charge in [-0.25, -0.2) is 9.97 Å². The Morgan fingerprint density at radius 2 is 2.06 bits per heavy atom. The summed E-state index contributed by atoms with van der Waals surface area (Å²) in [5.74, 6) is -0.430. The van der Waals surface area contributed by atoms with Crippen molar-refractivity contribution in [2.75, 3.05) is 5.32 Å². The fourth-order valence-electron chi connectivity index (χ4n) is 1.14. The first-order valence-electron chi connectivity index (χ1n) is 4.66. The second-order valence-corrected chi connectivity index (χ2v) is 4.78. The zero-order valence-corrected chi connectivity index (χ0v) is 11.8. The maximum atomic E-state index is 11.8. The van der Waals surface area contributed by atoms with Gasteiger partial charge in [-0.2, -0.15) is 0 Å². The largest absolute Gasteiger partial charge is 0.319 e. The van der Waals surface area contributed by atoms with E-state index in [9.17, 15) is 4.79 Å². The van der Waals surface area contributed by atoms with Crippen LogP contribution < -0.4 is 5.32 Å². The number of nitrogens with zero attached hydrogens (tertiary/aromatic N) is 3. The first-order chi connectivity index (χ1) is 8.56. The Morgan fingerprint density at radius 3 is 2.72 bits per heavy atom. The lowest BCUT2D eigenvalue weighted by Gasteiger charge is -2.05. The van der Waals surface area contributed by atoms with E-state index in [1.54, 1.807) is 6.07 Å². The third kappa shape index (κ3) is 3.16. The summed E-state index contributed by atoms with van der Waals surface area (Å²) in [5, 5.41) is 3.07. The van der Waals surface area contributed by atoms with Gasteiger partial charge in [0, 0.05) is 0 Å². The van der Waals surface area contributed by atoms with Crippen molar-refractivity contribution in [2.45, 2.75) is 0 Å². The fourth-order valence-corrected chi connectivity index (χ4v) is 1.74. The summed E-state index contributed by atoms with van der Waals surface area (Å²) in [6.07, 6.45) is 4.10. The van der Waals surface area contributed by atoms with E-state index >= 15 is 0 Å². The average molecular weight is 348 g/mol. The standard InChI is InChI=1S/C10H5BrCl2N4O/c11-6-1-5(2-15-9(6)13)16-10(18)7-3-14-4-8(12)17-7/h1-4H,(H,16,18). The Balaban J connectivity index is 2.18. The molecule has 5 nitrogen and oxygen atoms in total. The lowest BCUT2D eigenvalue weighted by molar-refractivity contribution is 0.102. The number of carbonyl (C=O) groups is 1. The number of hydrogen-bond acceptors (Lipinski definition) is 4. The number of anilines is 1. The summed E-state index contributed by atoms with van der Waals surface area (Å²) in [7, 11) is 0. The van der Waals surface area contributed by atoms with Crippen molar-refractivity contribution >= 4 is 50.7 Å². The zero-order valence-electron chi connectivity index (χ0n) is 8.69. The van der Waals surface area contributed by atoms with Crippen LogP contribution in [-0.4, -0.2) is 20.9 Å². The van der Waals surface area contributed by atoms with E-state index in [-0.39, 0.29) is 10.8 Å². The molecule has 8 heteroatoms. The fraction of sp³-hybridized carbons (Fsp3) is 0. The lowest BCUT2D eigenvalue weighted by Crippen LogP contribution is -2.14. The molecule has 0 radical (unpaired) electrons. The molecule has 1 amide bonds. The number of aromatic nitrogens is 3. The molecule has 0 spiro atoms. The van der Waals surface area contributed by atoms with Crippen LogP contribution in [0.25, 0.3) is 0 Å². The van der Waals surface area contributed by atoms with Crippen molar-refractivity contribution in [3.63, 3.8) is 0 Å². The number of pyridine rings is 1. The van der Waals surface area contributed by atoms with Crippen LogP contribution in [0.2, 0.25) is 10.3 Å². The monoisotopic (exact) mass is 346 g/mol. The minimum atomic E-state index is -0.430. The molecule has 0 aliphatic heterocycles. The minimum absolute atomic E-state index is 0.119. The highest BCUT2D eigenvalue weighted by Crippen LogP contribution is 2.23. The van der Waals surface area contributed by atoms with E-state index in [4.69, 9.17) is 23.2 Å². The van der Waals surface area contributed by atoms with Gasteiger partial charge in [0.1, 0.15) is 16.0 Å². The van der Waals surface area contributed by atoms with Crippen LogP contribution in [0.5, 0.6) is 0 Å². The number of halogens is 3. The van der Waals surface area contributed by atoms with Gasteiger partial charge in [0.05, 0.1) is 28.8 Å². The molecule has 2 aromatic heterocycles. The maximum absolute atomic E-state index is 11.8. The van der Waals surface area contributed by atoms with Crippen LogP contribution in [-0.2, 0) is 0 Å². The van der Waals surface area contributed by atoms with Gasteiger partial charge in [0.25, 0.3) is 5.91 Å². The molecule has 0 aromatic carbocycles. The molecule has 92 valence electrons. The Hall–Kier alpha value is -1.24. The van der Waals surface area contributed by atoms with E-state index in [0.717, 1.165) is 0 Å². The third-order valence-electron chi connectivity index (χ3n) is 1.89. The zero-order chi connectivity index (χ0) is 13.1. The first kappa shape index (κ1) is 13.2. The average Bonchev–Trinajstić information content (AvgIpc) is 2.34. The van der Waals surface area contributed by atoms with Gasteiger partial charge in [-0.3, -0.25) is 9.78 Å². The van der Waals surface area contributed by atoms with Gasteiger partial charge in [-0.05, 0) is 22.0 Å². The molecular formula is C10H5BrCl2N4O. The van der Waals surface area contributed by atoms with Crippen molar-refractivity contribution in [1.29, 1.82) is 0 Å². The van der Waals surface area contributed by atoms with Crippen molar-refractivity contribution in [1.82, 2.24) is 15.0 Å². The van der Waals surface area contributed by atoms with Crippen molar-refractivity contribution in [3.8, 4) is 0 Å². The SMILES string of the molecule is O=C(Nc1cnc(Cl)c(Br)c1)c1cncc(Cl)n1. The highest BCUT2D eigenvalue weighted by Gasteiger charge is 2.10. The Morgan fingerprint density at radius 1 is 1.28 bits per heavy atom. The summed E-state index contributed by atoms with van der Waals surface area (Å²) < 4.78 is 0.583. The van der Waals surface area contributed by atoms with E-state index < -0.39 is 5.91 Å². The molecule has 0 fully saturated rings. The Labute approximate surface area is 121 Å². The van der Waals surface area contributed by atoms with Gasteiger partial charge in [0.2, 0.25) is 0 Å². The van der Waals surface area contributed by atoms with E-state index in [0.29, 0.717) is 15.3 Å². The molecule has 0 aliphatic carbocycles. The van der Waals surface area contributed by atoms with Gasteiger partial charge in [-0.15, -0.1) is 0 Å². The first-order valence-corrected chi connectivity index (χ1v) is 6.21. The molecule has 0 saturated heterocycles. The van der Waals surface area contributed by atoms with Gasteiger partial charge in [0.15, 0.2) is 0 Å². The number of rotatable bonds is 2. The second-order valence-electron chi connectivity index (χ2n) is 3.18. The maximum Gasteiger partial charge on any atom is 0.275 e. The minimum Gasteiger partial charge on any atom is -0.319 e. The third-order valence-corrected chi connectivity index (χ3v) is 3.21. The summed E-state index contributed by atoms with van der Waals surface area (Å²) in [4.78, 5) is 23.3. The number of hydrogen-bond donors (Lipinski definition) is 1. The molecule has 2 heterocycles. The second kappa shape index (κ2) is 5.60. The summed E-state index contributed by atoms with van der Waals surface area (Å²) in [5.41, 5.74) is 0.603. The Kier molecular flexibility index (Phi) is 4.11. The molecule has 0 saturated carbocycles. The quantitative estimate of drug-likeness (QED) is 0.847.